The SMILES string of the molecule is CC(C)(C)OC(=O)N[C@@H](Cc1cccc(O)c1OCc1ccccc1)C(=O)O.COC(=O)[C@H](Cc1cccc(O)c1OCc1ccccc1)NC(=O)OC(C)(C)C. The zero-order valence-corrected chi connectivity index (χ0v) is 33.2. The Bertz CT molecular complexity index is 1920. The third-order valence-corrected chi connectivity index (χ3v) is 7.62. The van der Waals surface area contributed by atoms with Gasteiger partial charge in [-0.1, -0.05) is 84.9 Å². The molecule has 0 saturated carbocycles. The maximum absolute atomic E-state index is 12.2. The molecule has 0 fully saturated rings. The molecule has 0 unspecified atom stereocenters. The minimum Gasteiger partial charge on any atom is -0.504 e. The maximum atomic E-state index is 12.2. The van der Waals surface area contributed by atoms with Gasteiger partial charge in [-0.25, -0.2) is 19.2 Å². The molecule has 2 amide bonds. The molecule has 0 radical (unpaired) electrons. The summed E-state index contributed by atoms with van der Waals surface area (Å²) in [5.74, 6) is -1.58. The number of methoxy groups -OCH3 is 1. The third kappa shape index (κ3) is 16.1. The lowest BCUT2D eigenvalue weighted by molar-refractivity contribution is -0.143. The number of aromatic hydroxyl groups is 2. The minimum absolute atomic E-state index is 0.0562. The van der Waals surface area contributed by atoms with Gasteiger partial charge in [0, 0.05) is 24.0 Å². The third-order valence-electron chi connectivity index (χ3n) is 7.62. The number of benzene rings is 4. The molecule has 0 bridgehead atoms. The first-order chi connectivity index (χ1) is 26.8. The fraction of sp³-hybridized carbons (Fsp3) is 0.349. The quantitative estimate of drug-likeness (QED) is 0.0644. The van der Waals surface area contributed by atoms with Crippen LogP contribution in [0.15, 0.2) is 97.1 Å². The van der Waals surface area contributed by atoms with Gasteiger partial charge in [-0.15, -0.1) is 0 Å². The highest BCUT2D eigenvalue weighted by Crippen LogP contribution is 2.33. The molecule has 5 N–H and O–H groups in total. The average molecular weight is 789 g/mol. The van der Waals surface area contributed by atoms with Crippen LogP contribution in [0, 0.1) is 0 Å². The maximum Gasteiger partial charge on any atom is 0.408 e. The number of phenolic OH excluding ortho intramolecular Hbond substituents is 2. The van der Waals surface area contributed by atoms with Gasteiger partial charge >= 0.3 is 24.1 Å². The Labute approximate surface area is 332 Å². The summed E-state index contributed by atoms with van der Waals surface area (Å²) in [6, 6.07) is 26.2. The van der Waals surface area contributed by atoms with Crippen molar-refractivity contribution in [3.05, 3.63) is 119 Å². The number of carboxylic acid groups (broad SMARTS) is 1. The van der Waals surface area contributed by atoms with E-state index in [4.69, 9.17) is 23.7 Å². The number of para-hydroxylation sites is 2. The number of phenols is 2. The predicted octanol–water partition coefficient (Wildman–Crippen LogP) is 7.07. The van der Waals surface area contributed by atoms with Crippen molar-refractivity contribution in [1.82, 2.24) is 10.6 Å². The number of hydrogen-bond acceptors (Lipinski definition) is 11. The van der Waals surface area contributed by atoms with E-state index in [1.807, 2.05) is 60.7 Å². The van der Waals surface area contributed by atoms with Crippen LogP contribution in [-0.4, -0.2) is 69.8 Å². The van der Waals surface area contributed by atoms with Crippen LogP contribution in [0.5, 0.6) is 23.0 Å². The molecule has 4 rings (SSSR count). The second kappa shape index (κ2) is 21.0. The Hall–Kier alpha value is -6.44. The van der Waals surface area contributed by atoms with Gasteiger partial charge in [-0.05, 0) is 64.8 Å². The Morgan fingerprint density at radius 1 is 0.579 bits per heavy atom. The summed E-state index contributed by atoms with van der Waals surface area (Å²) >= 11 is 0. The van der Waals surface area contributed by atoms with Crippen molar-refractivity contribution in [3.63, 3.8) is 0 Å². The van der Waals surface area contributed by atoms with E-state index in [0.29, 0.717) is 11.1 Å². The average Bonchev–Trinajstić information content (AvgIpc) is 3.13. The summed E-state index contributed by atoms with van der Waals surface area (Å²) < 4.78 is 26.7. The van der Waals surface area contributed by atoms with Crippen molar-refractivity contribution in [2.24, 2.45) is 0 Å². The van der Waals surface area contributed by atoms with E-state index in [1.165, 1.54) is 19.2 Å². The summed E-state index contributed by atoms with van der Waals surface area (Å²) in [5, 5.41) is 34.8. The number of aliphatic carboxylic acids is 1. The van der Waals surface area contributed by atoms with E-state index >= 15 is 0 Å². The second-order valence-corrected chi connectivity index (χ2v) is 14.7. The molecular weight excluding hydrogens is 736 g/mol. The largest absolute Gasteiger partial charge is 0.504 e. The summed E-state index contributed by atoms with van der Waals surface area (Å²) in [6.07, 6.45) is -1.58. The number of carboxylic acids is 1. The summed E-state index contributed by atoms with van der Waals surface area (Å²) in [5.41, 5.74) is 1.38. The first kappa shape index (κ1) is 45.0. The number of carbonyl (C=O) groups is 4. The van der Waals surface area contributed by atoms with Crippen LogP contribution in [0.2, 0.25) is 0 Å². The molecule has 57 heavy (non-hydrogen) atoms. The zero-order valence-electron chi connectivity index (χ0n) is 33.2. The molecule has 0 aliphatic rings. The number of amides is 2. The molecule has 0 saturated heterocycles. The Morgan fingerprint density at radius 3 is 1.33 bits per heavy atom. The van der Waals surface area contributed by atoms with Crippen LogP contribution in [0.1, 0.15) is 63.8 Å². The molecule has 0 spiro atoms. The molecule has 14 nitrogen and oxygen atoms in total. The van der Waals surface area contributed by atoms with Crippen LogP contribution >= 0.6 is 0 Å². The van der Waals surface area contributed by atoms with Crippen LogP contribution in [0.4, 0.5) is 9.59 Å². The van der Waals surface area contributed by atoms with Gasteiger partial charge in [0.25, 0.3) is 0 Å². The lowest BCUT2D eigenvalue weighted by Gasteiger charge is -2.23. The van der Waals surface area contributed by atoms with Crippen molar-refractivity contribution in [2.75, 3.05) is 7.11 Å². The van der Waals surface area contributed by atoms with Crippen LogP contribution in [0.3, 0.4) is 0 Å². The normalized spacial score (nSPS) is 12.1. The van der Waals surface area contributed by atoms with Crippen LogP contribution in [0.25, 0.3) is 0 Å². The fourth-order valence-electron chi connectivity index (χ4n) is 5.13. The highest BCUT2D eigenvalue weighted by molar-refractivity contribution is 5.82. The lowest BCUT2D eigenvalue weighted by Crippen LogP contribution is -2.45. The van der Waals surface area contributed by atoms with E-state index in [2.05, 4.69) is 10.6 Å². The number of esters is 1. The molecule has 14 heteroatoms. The molecule has 0 heterocycles. The van der Waals surface area contributed by atoms with Crippen molar-refractivity contribution in [1.29, 1.82) is 0 Å². The predicted molar refractivity (Wildman–Crippen MR) is 211 cm³/mol. The van der Waals surface area contributed by atoms with E-state index < -0.39 is 47.4 Å². The van der Waals surface area contributed by atoms with Crippen LogP contribution < -0.4 is 20.1 Å². The standard InChI is InChI=1S/C22H27NO6.C21H25NO6/c1-22(2,3)29-21(26)23-17(20(25)27-4)13-16-11-8-12-18(24)19(16)28-14-15-9-6-5-7-10-15;1-21(2,3)28-20(26)22-16(19(24)25)12-15-10-7-11-17(23)18(15)27-13-14-8-5-4-6-9-14/h5-12,17,24H,13-14H2,1-4H3,(H,23,26);4-11,16,23H,12-13H2,1-3H3,(H,22,26)(H,24,25)/t17-;16-/m00/s1. The number of carbonyl (C=O) groups excluding carboxylic acids is 3. The van der Waals surface area contributed by atoms with Crippen molar-refractivity contribution in [3.8, 4) is 23.0 Å². The molecule has 306 valence electrons. The van der Waals surface area contributed by atoms with Gasteiger partial charge in [0.2, 0.25) is 0 Å². The summed E-state index contributed by atoms with van der Waals surface area (Å²) in [7, 11) is 1.24. The number of hydrogen-bond donors (Lipinski definition) is 5. The molecule has 0 aliphatic carbocycles. The second-order valence-electron chi connectivity index (χ2n) is 14.7. The molecular formula is C43H52N2O12. The van der Waals surface area contributed by atoms with Gasteiger partial charge < -0.3 is 49.6 Å². The van der Waals surface area contributed by atoms with Crippen molar-refractivity contribution in [2.45, 2.75) is 90.9 Å². The molecule has 0 aliphatic heterocycles. The smallest absolute Gasteiger partial charge is 0.408 e. The molecule has 2 atom stereocenters. The van der Waals surface area contributed by atoms with Gasteiger partial charge in [-0.3, -0.25) is 0 Å². The van der Waals surface area contributed by atoms with Crippen LogP contribution in [-0.2, 0) is 49.9 Å². The summed E-state index contributed by atoms with van der Waals surface area (Å²) in [6.45, 7) is 10.7. The summed E-state index contributed by atoms with van der Waals surface area (Å²) in [4.78, 5) is 47.9. The van der Waals surface area contributed by atoms with Crippen molar-refractivity contribution < 1.29 is 58.2 Å². The molecule has 4 aromatic rings. The Balaban J connectivity index is 0.000000306. The highest BCUT2D eigenvalue weighted by Gasteiger charge is 2.28. The number of ether oxygens (including phenoxy) is 5. The number of rotatable bonds is 14. The topological polar surface area (TPSA) is 199 Å². The first-order valence-electron chi connectivity index (χ1n) is 18.1. The lowest BCUT2D eigenvalue weighted by atomic mass is 10.0. The van der Waals surface area contributed by atoms with E-state index in [0.717, 1.165) is 11.1 Å². The Kier molecular flexibility index (Phi) is 16.6. The van der Waals surface area contributed by atoms with Gasteiger partial charge in [0.15, 0.2) is 23.0 Å². The van der Waals surface area contributed by atoms with Gasteiger partial charge in [0.05, 0.1) is 7.11 Å². The fourth-order valence-corrected chi connectivity index (χ4v) is 5.13. The van der Waals surface area contributed by atoms with Gasteiger partial charge in [-0.2, -0.15) is 0 Å². The van der Waals surface area contributed by atoms with Gasteiger partial charge in [0.1, 0.15) is 36.5 Å². The Morgan fingerprint density at radius 2 is 0.965 bits per heavy atom. The van der Waals surface area contributed by atoms with E-state index in [-0.39, 0.29) is 49.1 Å². The van der Waals surface area contributed by atoms with E-state index in [9.17, 15) is 34.5 Å². The number of alkyl carbamates (subject to hydrolysis) is 2. The zero-order chi connectivity index (χ0) is 42.2. The first-order valence-corrected chi connectivity index (χ1v) is 18.1. The highest BCUT2D eigenvalue weighted by atomic mass is 16.6. The molecule has 0 aromatic heterocycles. The van der Waals surface area contributed by atoms with Crippen molar-refractivity contribution >= 4 is 24.1 Å². The monoisotopic (exact) mass is 788 g/mol. The molecule has 4 aromatic carbocycles. The van der Waals surface area contributed by atoms with E-state index in [1.54, 1.807) is 65.8 Å². The number of nitrogens with one attached hydrogen (secondary N) is 2. The minimum atomic E-state index is -1.24.